The largest absolute Gasteiger partial charge is 0.493 e. The van der Waals surface area contributed by atoms with Gasteiger partial charge >= 0.3 is 0 Å². The summed E-state index contributed by atoms with van der Waals surface area (Å²) in [6.45, 7) is 2.81. The molecule has 36 heavy (non-hydrogen) atoms. The smallest absolute Gasteiger partial charge is 0.175 e. The highest BCUT2D eigenvalue weighted by Crippen LogP contribution is 2.38. The first-order chi connectivity index (χ1) is 17.5. The number of halogens is 2. The van der Waals surface area contributed by atoms with Gasteiger partial charge in [-0.2, -0.15) is 0 Å². The minimum absolute atomic E-state index is 0.111. The Morgan fingerprint density at radius 1 is 1.00 bits per heavy atom. The van der Waals surface area contributed by atoms with Gasteiger partial charge in [-0.05, 0) is 88.6 Å². The molecule has 0 saturated carbocycles. The number of ether oxygens (including phenoxy) is 2. The van der Waals surface area contributed by atoms with Crippen LogP contribution >= 0.6 is 27.3 Å². The van der Waals surface area contributed by atoms with Gasteiger partial charge in [0.05, 0.1) is 21.8 Å². The summed E-state index contributed by atoms with van der Waals surface area (Å²) < 4.78 is 27.3. The van der Waals surface area contributed by atoms with Crippen molar-refractivity contribution in [2.45, 2.75) is 20.1 Å². The zero-order chi connectivity index (χ0) is 25.1. The van der Waals surface area contributed by atoms with Crippen molar-refractivity contribution in [1.29, 1.82) is 0 Å². The van der Waals surface area contributed by atoms with Crippen LogP contribution in [0.25, 0.3) is 20.8 Å². The number of fused-ring (bicyclic) bond motifs is 1. The SMILES string of the molecule is COc1cc(CNc2ccc(-c3nc4ccc(C)cc4s3)cc2)cc(Br)c1OCc1ccccc1F. The van der Waals surface area contributed by atoms with E-state index in [1.54, 1.807) is 36.6 Å². The average molecular weight is 563 g/mol. The number of benzene rings is 4. The summed E-state index contributed by atoms with van der Waals surface area (Å²) in [7, 11) is 1.59. The van der Waals surface area contributed by atoms with E-state index in [-0.39, 0.29) is 12.4 Å². The molecule has 1 heterocycles. The molecule has 5 aromatic rings. The second-order valence-electron chi connectivity index (χ2n) is 8.41. The van der Waals surface area contributed by atoms with Crippen LogP contribution in [-0.4, -0.2) is 12.1 Å². The first-order valence-electron chi connectivity index (χ1n) is 11.4. The van der Waals surface area contributed by atoms with Crippen LogP contribution < -0.4 is 14.8 Å². The Hall–Kier alpha value is -3.42. The Morgan fingerprint density at radius 3 is 2.58 bits per heavy atom. The number of aryl methyl sites for hydroxylation is 1. The van der Waals surface area contributed by atoms with Crippen LogP contribution in [0, 0.1) is 12.7 Å². The van der Waals surface area contributed by atoms with Crippen LogP contribution in [0.2, 0.25) is 0 Å². The Labute approximate surface area is 221 Å². The van der Waals surface area contributed by atoms with Crippen LogP contribution in [0.15, 0.2) is 83.3 Å². The molecule has 0 saturated heterocycles. The van der Waals surface area contributed by atoms with Gasteiger partial charge < -0.3 is 14.8 Å². The van der Waals surface area contributed by atoms with Gasteiger partial charge in [-0.1, -0.05) is 24.3 Å². The highest BCUT2D eigenvalue weighted by Gasteiger charge is 2.13. The molecule has 0 fully saturated rings. The number of rotatable bonds is 8. The lowest BCUT2D eigenvalue weighted by atomic mass is 10.1. The van der Waals surface area contributed by atoms with E-state index < -0.39 is 0 Å². The number of anilines is 1. The molecule has 182 valence electrons. The lowest BCUT2D eigenvalue weighted by Crippen LogP contribution is -2.03. The highest BCUT2D eigenvalue weighted by molar-refractivity contribution is 9.10. The van der Waals surface area contributed by atoms with Gasteiger partial charge in [0.25, 0.3) is 0 Å². The molecule has 1 aromatic heterocycles. The molecule has 4 aromatic carbocycles. The standard InChI is InChI=1S/C29H24BrFN2O2S/c1-18-7-12-25-27(13-18)36-29(33-25)20-8-10-22(11-9-20)32-16-19-14-23(30)28(26(15-19)34-2)35-17-21-5-3-4-6-24(21)31/h3-15,32H,16-17H2,1-2H3. The van der Waals surface area contributed by atoms with Crippen molar-refractivity contribution in [2.75, 3.05) is 12.4 Å². The maximum atomic E-state index is 14.0. The van der Waals surface area contributed by atoms with Gasteiger partial charge in [-0.25, -0.2) is 9.37 Å². The molecule has 0 aliphatic heterocycles. The van der Waals surface area contributed by atoms with Gasteiger partial charge in [-0.15, -0.1) is 11.3 Å². The minimum atomic E-state index is -0.294. The van der Waals surface area contributed by atoms with E-state index in [4.69, 9.17) is 14.5 Å². The number of aromatic nitrogens is 1. The van der Waals surface area contributed by atoms with Crippen molar-refractivity contribution in [3.63, 3.8) is 0 Å². The molecule has 0 atom stereocenters. The fourth-order valence-electron chi connectivity index (χ4n) is 3.87. The molecule has 0 unspecified atom stereocenters. The average Bonchev–Trinajstić information content (AvgIpc) is 3.31. The van der Waals surface area contributed by atoms with Gasteiger partial charge in [0.15, 0.2) is 11.5 Å². The minimum Gasteiger partial charge on any atom is -0.493 e. The number of hydrogen-bond donors (Lipinski definition) is 1. The Bertz CT molecular complexity index is 1520. The van der Waals surface area contributed by atoms with Crippen molar-refractivity contribution < 1.29 is 13.9 Å². The summed E-state index contributed by atoms with van der Waals surface area (Å²) in [5.41, 5.74) is 5.88. The van der Waals surface area contributed by atoms with E-state index in [0.717, 1.165) is 31.8 Å². The molecule has 1 N–H and O–H groups in total. The Kier molecular flexibility index (Phi) is 7.20. The van der Waals surface area contributed by atoms with E-state index in [9.17, 15) is 4.39 Å². The maximum Gasteiger partial charge on any atom is 0.175 e. The van der Waals surface area contributed by atoms with E-state index in [1.807, 2.05) is 12.1 Å². The van der Waals surface area contributed by atoms with E-state index in [0.29, 0.717) is 23.6 Å². The predicted octanol–water partition coefficient (Wildman–Crippen LogP) is 8.37. The van der Waals surface area contributed by atoms with Crippen LogP contribution in [0.4, 0.5) is 10.1 Å². The molecule has 0 bridgehead atoms. The first-order valence-corrected chi connectivity index (χ1v) is 13.1. The molecule has 5 rings (SSSR count). The van der Waals surface area contributed by atoms with Gasteiger partial charge in [0, 0.05) is 23.4 Å². The maximum absolute atomic E-state index is 14.0. The molecule has 0 aliphatic rings. The number of methoxy groups -OCH3 is 1. The lowest BCUT2D eigenvalue weighted by Gasteiger charge is -2.15. The van der Waals surface area contributed by atoms with Crippen LogP contribution in [-0.2, 0) is 13.2 Å². The fraction of sp³-hybridized carbons (Fsp3) is 0.138. The first kappa shape index (κ1) is 24.3. The third-order valence-electron chi connectivity index (χ3n) is 5.79. The van der Waals surface area contributed by atoms with Crippen molar-refractivity contribution in [3.05, 3.63) is 106 Å². The number of nitrogens with zero attached hydrogens (tertiary/aromatic N) is 1. The van der Waals surface area contributed by atoms with Crippen molar-refractivity contribution in [2.24, 2.45) is 0 Å². The molecule has 4 nitrogen and oxygen atoms in total. The van der Waals surface area contributed by atoms with Gasteiger partial charge in [-0.3, -0.25) is 0 Å². The Morgan fingerprint density at radius 2 is 1.81 bits per heavy atom. The topological polar surface area (TPSA) is 43.4 Å². The van der Waals surface area contributed by atoms with E-state index in [1.165, 1.54) is 16.3 Å². The van der Waals surface area contributed by atoms with Gasteiger partial charge in [0.2, 0.25) is 0 Å². The van der Waals surface area contributed by atoms with Crippen LogP contribution in [0.1, 0.15) is 16.7 Å². The monoisotopic (exact) mass is 562 g/mol. The molecular weight excluding hydrogens is 539 g/mol. The van der Waals surface area contributed by atoms with Crippen LogP contribution in [0.5, 0.6) is 11.5 Å². The normalized spacial score (nSPS) is 11.0. The molecule has 7 heteroatoms. The summed E-state index contributed by atoms with van der Waals surface area (Å²) in [5.74, 6) is 0.830. The summed E-state index contributed by atoms with van der Waals surface area (Å²) in [6.07, 6.45) is 0. The summed E-state index contributed by atoms with van der Waals surface area (Å²) in [6, 6.07) is 25.1. The summed E-state index contributed by atoms with van der Waals surface area (Å²) in [4.78, 5) is 4.77. The highest BCUT2D eigenvalue weighted by atomic mass is 79.9. The lowest BCUT2D eigenvalue weighted by molar-refractivity contribution is 0.277. The number of nitrogens with one attached hydrogen (secondary N) is 1. The summed E-state index contributed by atoms with van der Waals surface area (Å²) in [5, 5.41) is 4.47. The Balaban J connectivity index is 1.26. The third kappa shape index (κ3) is 5.37. The molecular formula is C29H24BrFN2O2S. The van der Waals surface area contributed by atoms with E-state index >= 15 is 0 Å². The molecule has 0 radical (unpaired) electrons. The van der Waals surface area contributed by atoms with Crippen LogP contribution in [0.3, 0.4) is 0 Å². The van der Waals surface area contributed by atoms with Gasteiger partial charge in [0.1, 0.15) is 17.4 Å². The third-order valence-corrected chi connectivity index (χ3v) is 7.45. The van der Waals surface area contributed by atoms with E-state index in [2.05, 4.69) is 70.6 Å². The zero-order valence-corrected chi connectivity index (χ0v) is 22.3. The second kappa shape index (κ2) is 10.7. The summed E-state index contributed by atoms with van der Waals surface area (Å²) >= 11 is 5.29. The second-order valence-corrected chi connectivity index (χ2v) is 10.3. The van der Waals surface area contributed by atoms with Crippen molar-refractivity contribution in [1.82, 2.24) is 4.98 Å². The molecule has 0 aliphatic carbocycles. The van der Waals surface area contributed by atoms with Crippen molar-refractivity contribution >= 4 is 43.2 Å². The quantitative estimate of drug-likeness (QED) is 0.206. The molecule has 0 amide bonds. The molecule has 0 spiro atoms. The number of thiazole rings is 1. The fourth-order valence-corrected chi connectivity index (χ4v) is 5.54. The predicted molar refractivity (Wildman–Crippen MR) is 149 cm³/mol. The number of hydrogen-bond acceptors (Lipinski definition) is 5. The van der Waals surface area contributed by atoms with Crippen molar-refractivity contribution in [3.8, 4) is 22.1 Å². The zero-order valence-electron chi connectivity index (χ0n) is 19.8.